The number of thioether (sulfide) groups is 1. The number of aliphatic hydroxyl groups excluding tert-OH is 1. The van der Waals surface area contributed by atoms with E-state index in [1.54, 1.807) is 0 Å². The van der Waals surface area contributed by atoms with E-state index in [9.17, 15) is 24.3 Å². The minimum absolute atomic E-state index is 0.0475. The van der Waals surface area contributed by atoms with Gasteiger partial charge in [0.1, 0.15) is 17.7 Å². The van der Waals surface area contributed by atoms with Crippen LogP contribution in [0.1, 0.15) is 56.8 Å². The highest BCUT2D eigenvalue weighted by Gasteiger charge is 2.73. The zero-order valence-corrected chi connectivity index (χ0v) is 23.7. The van der Waals surface area contributed by atoms with Crippen LogP contribution in [0.4, 0.5) is 8.78 Å². The van der Waals surface area contributed by atoms with Crippen molar-refractivity contribution in [2.75, 3.05) is 6.61 Å². The first-order valence-electron chi connectivity index (χ1n) is 13.9. The molecule has 11 heteroatoms. The lowest BCUT2D eigenvalue weighted by atomic mass is 9.45. The Bertz CT molecular complexity index is 1370. The Balaban J connectivity index is 1.35. The molecule has 0 spiro atoms. The molecule has 1 aliphatic heterocycles. The highest BCUT2D eigenvalue weighted by atomic mass is 32.2. The fourth-order valence-corrected chi connectivity index (χ4v) is 9.86. The van der Waals surface area contributed by atoms with E-state index in [-0.39, 0.29) is 41.6 Å². The number of hydrogen-bond acceptors (Lipinski definition) is 9. The standard InChI is InChI=1S/C30H32F2O8S/c1-14-8-16-17-9-19(31)18-10-20(33)21(40-25(35)15-4-6-38-13-15)11-29(18,3)30(17,32)23(34)12-28(16,2)24(14)27(37)41-22-5-7-39-26(22)36/h4,6,10-11,13-14,16-17,19,22-24,34H,5,7-9,12H2,1-3H3/t14-,16+,17-,19+,22+,23+,24+,28+,29+,30+/m1/s1. The predicted molar refractivity (Wildman–Crippen MR) is 142 cm³/mol. The van der Waals surface area contributed by atoms with Crippen LogP contribution in [0.15, 0.2) is 46.5 Å². The number of carbonyl (C=O) groups is 4. The largest absolute Gasteiger partial charge is 0.472 e. The summed E-state index contributed by atoms with van der Waals surface area (Å²) in [6.07, 6.45) is 1.82. The Kier molecular flexibility index (Phi) is 6.65. The number of fused-ring (bicyclic) bond motifs is 5. The van der Waals surface area contributed by atoms with Crippen molar-refractivity contribution in [2.24, 2.45) is 34.5 Å². The molecule has 2 heterocycles. The number of ketones is 1. The first kappa shape index (κ1) is 28.3. The van der Waals surface area contributed by atoms with Crippen LogP contribution in [0, 0.1) is 34.5 Å². The molecule has 1 N–H and O–H groups in total. The van der Waals surface area contributed by atoms with Gasteiger partial charge >= 0.3 is 11.9 Å². The van der Waals surface area contributed by atoms with Crippen molar-refractivity contribution in [3.63, 3.8) is 0 Å². The third kappa shape index (κ3) is 4.01. The van der Waals surface area contributed by atoms with Crippen LogP contribution in [0.25, 0.3) is 0 Å². The van der Waals surface area contributed by atoms with E-state index < -0.39 is 75.3 Å². The van der Waals surface area contributed by atoms with E-state index in [1.807, 2.05) is 13.8 Å². The van der Waals surface area contributed by atoms with Crippen molar-refractivity contribution >= 4 is 34.6 Å². The smallest absolute Gasteiger partial charge is 0.346 e. The molecule has 4 aliphatic carbocycles. The highest BCUT2D eigenvalue weighted by molar-refractivity contribution is 8.14. The third-order valence-electron chi connectivity index (χ3n) is 10.4. The number of rotatable bonds is 4. The SMILES string of the molecule is C[C@@H]1C[C@H]2[C@H]3C[C@H](F)C4=CC(=O)C(OC(=O)c5ccoc5)=C[C@]4(C)[C@@]3(F)[C@@H](O)C[C@]2(C)[C@@H]1C(=O)S[C@H]1CCOC1=O. The Hall–Kier alpha value is -2.79. The lowest BCUT2D eigenvalue weighted by Gasteiger charge is -2.62. The third-order valence-corrected chi connectivity index (χ3v) is 11.6. The van der Waals surface area contributed by atoms with E-state index >= 15 is 8.78 Å². The average molecular weight is 591 g/mol. The molecule has 0 bridgehead atoms. The number of ether oxygens (including phenoxy) is 2. The van der Waals surface area contributed by atoms with E-state index in [2.05, 4.69) is 0 Å². The maximum absolute atomic E-state index is 17.7. The van der Waals surface area contributed by atoms with Crippen LogP contribution in [0.2, 0.25) is 0 Å². The number of cyclic esters (lactones) is 1. The molecule has 8 nitrogen and oxygen atoms in total. The zero-order valence-electron chi connectivity index (χ0n) is 22.9. The van der Waals surface area contributed by atoms with Crippen molar-refractivity contribution in [1.82, 2.24) is 0 Å². The van der Waals surface area contributed by atoms with Crippen LogP contribution in [0.5, 0.6) is 0 Å². The van der Waals surface area contributed by atoms with Crippen molar-refractivity contribution in [3.05, 3.63) is 47.6 Å². The lowest BCUT2D eigenvalue weighted by Crippen LogP contribution is -2.68. The second-order valence-electron chi connectivity index (χ2n) is 12.6. The number of alkyl halides is 2. The lowest BCUT2D eigenvalue weighted by molar-refractivity contribution is -0.201. The van der Waals surface area contributed by atoms with E-state index in [0.29, 0.717) is 12.8 Å². The molecule has 6 rings (SSSR count). The second kappa shape index (κ2) is 9.62. The molecule has 1 saturated heterocycles. The predicted octanol–water partition coefficient (Wildman–Crippen LogP) is 4.52. The fourth-order valence-electron chi connectivity index (χ4n) is 8.56. The van der Waals surface area contributed by atoms with Gasteiger partial charge in [-0.1, -0.05) is 25.6 Å². The minimum Gasteiger partial charge on any atom is -0.472 e. The molecule has 1 aromatic heterocycles. The summed E-state index contributed by atoms with van der Waals surface area (Å²) in [6.45, 7) is 5.46. The molecule has 1 aromatic rings. The number of aliphatic hydroxyl groups is 1. The fraction of sp³-hybridized carbons (Fsp3) is 0.600. The highest BCUT2D eigenvalue weighted by Crippen LogP contribution is 2.70. The van der Waals surface area contributed by atoms with Gasteiger partial charge in [0, 0.05) is 18.3 Å². The Morgan fingerprint density at radius 1 is 1.20 bits per heavy atom. The van der Waals surface area contributed by atoms with Crippen LogP contribution in [-0.2, 0) is 23.9 Å². The topological polar surface area (TPSA) is 120 Å². The number of hydrogen-bond donors (Lipinski definition) is 1. The minimum atomic E-state index is -2.40. The van der Waals surface area contributed by atoms with Gasteiger partial charge in [0.05, 0.1) is 30.0 Å². The van der Waals surface area contributed by atoms with Gasteiger partial charge in [0.15, 0.2) is 16.5 Å². The normalized spacial score (nSPS) is 43.3. The summed E-state index contributed by atoms with van der Waals surface area (Å²) in [5.41, 5.74) is -5.08. The molecule has 0 amide bonds. The summed E-state index contributed by atoms with van der Waals surface area (Å²) >= 11 is 0.949. The molecule has 220 valence electrons. The van der Waals surface area contributed by atoms with Gasteiger partial charge < -0.3 is 19.0 Å². The van der Waals surface area contributed by atoms with Gasteiger partial charge in [0.2, 0.25) is 5.78 Å². The van der Waals surface area contributed by atoms with Crippen molar-refractivity contribution < 1.29 is 47.0 Å². The number of esters is 2. The maximum Gasteiger partial charge on any atom is 0.346 e. The first-order chi connectivity index (χ1) is 19.3. The summed E-state index contributed by atoms with van der Waals surface area (Å²) in [7, 11) is 0. The van der Waals surface area contributed by atoms with Crippen LogP contribution in [-0.4, -0.2) is 57.7 Å². The van der Waals surface area contributed by atoms with Crippen LogP contribution < -0.4 is 0 Å². The number of allylic oxidation sites excluding steroid dienone is 3. The molecular weight excluding hydrogens is 558 g/mol. The molecule has 3 saturated carbocycles. The van der Waals surface area contributed by atoms with Gasteiger partial charge in [-0.3, -0.25) is 14.4 Å². The average Bonchev–Trinajstić information content (AvgIpc) is 3.63. The van der Waals surface area contributed by atoms with E-state index in [0.717, 1.165) is 30.2 Å². The zero-order chi connectivity index (χ0) is 29.5. The van der Waals surface area contributed by atoms with Crippen molar-refractivity contribution in [1.29, 1.82) is 0 Å². The quantitative estimate of drug-likeness (QED) is 0.505. The van der Waals surface area contributed by atoms with Crippen molar-refractivity contribution in [3.8, 4) is 0 Å². The molecule has 0 aromatic carbocycles. The molecule has 5 aliphatic rings. The Morgan fingerprint density at radius 2 is 1.95 bits per heavy atom. The van der Waals surface area contributed by atoms with E-state index in [4.69, 9.17) is 13.9 Å². The van der Waals surface area contributed by atoms with E-state index in [1.165, 1.54) is 19.3 Å². The number of carbonyl (C=O) groups excluding carboxylic acids is 4. The second-order valence-corrected chi connectivity index (χ2v) is 13.8. The molecule has 0 radical (unpaired) electrons. The molecule has 0 unspecified atom stereocenters. The summed E-state index contributed by atoms with van der Waals surface area (Å²) in [5, 5.41) is 10.8. The summed E-state index contributed by atoms with van der Waals surface area (Å²) in [5.74, 6) is -4.71. The molecular formula is C30H32F2O8S. The summed E-state index contributed by atoms with van der Waals surface area (Å²) < 4.78 is 48.9. The van der Waals surface area contributed by atoms with Gasteiger partial charge in [-0.15, -0.1) is 0 Å². The van der Waals surface area contributed by atoms with Gasteiger partial charge in [-0.05, 0) is 67.2 Å². The number of halogens is 2. The van der Waals surface area contributed by atoms with Gasteiger partial charge in [-0.2, -0.15) is 0 Å². The maximum atomic E-state index is 17.7. The first-order valence-corrected chi connectivity index (χ1v) is 14.8. The Morgan fingerprint density at radius 3 is 2.61 bits per heavy atom. The van der Waals surface area contributed by atoms with Crippen LogP contribution >= 0.6 is 11.8 Å². The summed E-state index contributed by atoms with van der Waals surface area (Å²) in [4.78, 5) is 51.1. The monoisotopic (exact) mass is 590 g/mol. The summed E-state index contributed by atoms with van der Waals surface area (Å²) in [6, 6.07) is 1.35. The molecule has 10 atom stereocenters. The van der Waals surface area contributed by atoms with Crippen LogP contribution in [0.3, 0.4) is 0 Å². The molecule has 41 heavy (non-hydrogen) atoms. The van der Waals surface area contributed by atoms with Gasteiger partial charge in [0.25, 0.3) is 0 Å². The van der Waals surface area contributed by atoms with Crippen molar-refractivity contribution in [2.45, 2.75) is 69.6 Å². The van der Waals surface area contributed by atoms with Gasteiger partial charge in [-0.25, -0.2) is 13.6 Å². The number of furan rings is 1. The Labute approximate surface area is 239 Å². The molecule has 4 fully saturated rings.